The Hall–Kier alpha value is 0.120. The monoisotopic (exact) mass is 243 g/mol. The summed E-state index contributed by atoms with van der Waals surface area (Å²) in [6.45, 7) is 0. The van der Waals surface area contributed by atoms with Crippen molar-refractivity contribution in [2.24, 2.45) is 0 Å². The Bertz CT molecular complexity index is 307. The molecular formula is C6H5Cl3NOP. The normalized spacial score (nSPS) is 11.2. The molecule has 1 aromatic rings. The second-order valence-electron chi connectivity index (χ2n) is 2.08. The minimum absolute atomic E-state index is 0.577. The molecule has 66 valence electrons. The fourth-order valence-electron chi connectivity index (χ4n) is 0.675. The molecule has 0 unspecified atom stereocenters. The van der Waals surface area contributed by atoms with Crippen LogP contribution < -0.4 is 5.09 Å². The van der Waals surface area contributed by atoms with E-state index in [-0.39, 0.29) is 0 Å². The van der Waals surface area contributed by atoms with E-state index < -0.39 is 6.00 Å². The Morgan fingerprint density at radius 1 is 1.17 bits per heavy atom. The van der Waals surface area contributed by atoms with Crippen LogP contribution >= 0.6 is 40.1 Å². The summed E-state index contributed by atoms with van der Waals surface area (Å²) in [7, 11) is 0. The van der Waals surface area contributed by atoms with Gasteiger partial charge < -0.3 is 5.09 Å². The van der Waals surface area contributed by atoms with Gasteiger partial charge in [0.05, 0.1) is 0 Å². The molecule has 0 aliphatic rings. The number of rotatable bonds is 2. The zero-order chi connectivity index (χ0) is 9.19. The number of benzene rings is 1. The minimum Gasteiger partial charge on any atom is -0.313 e. The Balaban J connectivity index is 2.78. The van der Waals surface area contributed by atoms with Gasteiger partial charge in [-0.2, -0.15) is 0 Å². The summed E-state index contributed by atoms with van der Waals surface area (Å²) in [5, 5.41) is 3.03. The molecule has 0 amide bonds. The first kappa shape index (κ1) is 10.2. The number of nitrogens with one attached hydrogen (secondary N) is 1. The summed E-state index contributed by atoms with van der Waals surface area (Å²) in [5.74, 6) is -3.25. The highest BCUT2D eigenvalue weighted by molar-refractivity contribution is 8.09. The van der Waals surface area contributed by atoms with Crippen molar-refractivity contribution in [1.82, 2.24) is 0 Å². The third-order valence-corrected chi connectivity index (χ3v) is 2.38. The highest BCUT2D eigenvalue weighted by Gasteiger charge is 2.11. The Kier molecular flexibility index (Phi) is 3.30. The van der Waals surface area contributed by atoms with Gasteiger partial charge in [0.15, 0.2) is 0 Å². The average molecular weight is 244 g/mol. The van der Waals surface area contributed by atoms with Crippen molar-refractivity contribution < 1.29 is 4.57 Å². The predicted molar refractivity (Wildman–Crippen MR) is 54.4 cm³/mol. The second kappa shape index (κ2) is 3.89. The quantitative estimate of drug-likeness (QED) is 0.784. The minimum atomic E-state index is -3.25. The van der Waals surface area contributed by atoms with Gasteiger partial charge in [-0.25, -0.2) is 0 Å². The van der Waals surface area contributed by atoms with Crippen LogP contribution in [0.1, 0.15) is 0 Å². The molecule has 1 N–H and O–H groups in total. The number of anilines is 1. The zero-order valence-corrected chi connectivity index (χ0v) is 8.96. The molecular weight excluding hydrogens is 239 g/mol. The first-order valence-corrected chi connectivity index (χ1v) is 6.90. The highest BCUT2D eigenvalue weighted by Crippen LogP contribution is 2.55. The average Bonchev–Trinajstić information content (AvgIpc) is 1.91. The van der Waals surface area contributed by atoms with Crippen molar-refractivity contribution in [3.8, 4) is 0 Å². The van der Waals surface area contributed by atoms with Crippen molar-refractivity contribution in [2.75, 3.05) is 5.09 Å². The van der Waals surface area contributed by atoms with E-state index in [0.717, 1.165) is 0 Å². The Labute approximate surface area is 84.8 Å². The van der Waals surface area contributed by atoms with Crippen molar-refractivity contribution in [3.05, 3.63) is 29.3 Å². The fraction of sp³-hybridized carbons (Fsp3) is 0. The van der Waals surface area contributed by atoms with Crippen LogP contribution in [0.3, 0.4) is 0 Å². The Morgan fingerprint density at radius 3 is 2.08 bits per heavy atom. The van der Waals surface area contributed by atoms with Gasteiger partial charge in [0.1, 0.15) is 0 Å². The van der Waals surface area contributed by atoms with E-state index in [1.807, 2.05) is 0 Å². The lowest BCUT2D eigenvalue weighted by atomic mass is 10.3. The van der Waals surface area contributed by atoms with Crippen molar-refractivity contribution in [3.63, 3.8) is 0 Å². The van der Waals surface area contributed by atoms with Gasteiger partial charge in [-0.15, -0.1) is 0 Å². The maximum absolute atomic E-state index is 10.9. The van der Waals surface area contributed by atoms with Crippen LogP contribution in [0.5, 0.6) is 0 Å². The van der Waals surface area contributed by atoms with Crippen molar-refractivity contribution >= 4 is 45.8 Å². The van der Waals surface area contributed by atoms with E-state index >= 15 is 0 Å². The number of halogens is 3. The lowest BCUT2D eigenvalue weighted by Gasteiger charge is -2.05. The van der Waals surface area contributed by atoms with Crippen LogP contribution in [-0.4, -0.2) is 0 Å². The second-order valence-corrected chi connectivity index (χ2v) is 7.04. The molecule has 0 spiro atoms. The number of hydrogen-bond acceptors (Lipinski definition) is 1. The van der Waals surface area contributed by atoms with Crippen LogP contribution in [0.2, 0.25) is 5.02 Å². The molecule has 0 aliphatic carbocycles. The zero-order valence-electron chi connectivity index (χ0n) is 5.80. The summed E-state index contributed by atoms with van der Waals surface area (Å²) in [6.07, 6.45) is 0. The van der Waals surface area contributed by atoms with Gasteiger partial charge in [-0.3, -0.25) is 4.57 Å². The van der Waals surface area contributed by atoms with Gasteiger partial charge in [0.25, 0.3) is 0 Å². The van der Waals surface area contributed by atoms with Gasteiger partial charge in [0, 0.05) is 10.7 Å². The summed E-state index contributed by atoms with van der Waals surface area (Å²) >= 11 is 16.2. The van der Waals surface area contributed by atoms with Crippen LogP contribution in [0.25, 0.3) is 0 Å². The van der Waals surface area contributed by atoms with Crippen LogP contribution in [0.4, 0.5) is 5.69 Å². The lowest BCUT2D eigenvalue weighted by Crippen LogP contribution is -1.85. The first-order valence-electron chi connectivity index (χ1n) is 3.00. The van der Waals surface area contributed by atoms with E-state index in [4.69, 9.17) is 34.1 Å². The molecule has 2 nitrogen and oxygen atoms in total. The van der Waals surface area contributed by atoms with Gasteiger partial charge in [-0.05, 0) is 46.7 Å². The molecule has 0 atom stereocenters. The Morgan fingerprint density at radius 2 is 1.67 bits per heavy atom. The third-order valence-electron chi connectivity index (χ3n) is 1.10. The van der Waals surface area contributed by atoms with E-state index in [9.17, 15) is 4.57 Å². The topological polar surface area (TPSA) is 29.1 Å². The summed E-state index contributed by atoms with van der Waals surface area (Å²) in [6, 6.07) is 6.57. The molecule has 0 aliphatic heterocycles. The highest BCUT2D eigenvalue weighted by atomic mass is 35.9. The molecule has 6 heteroatoms. The van der Waals surface area contributed by atoms with Gasteiger partial charge in [-0.1, -0.05) is 11.6 Å². The molecule has 0 saturated carbocycles. The molecule has 12 heavy (non-hydrogen) atoms. The molecule has 0 heterocycles. The van der Waals surface area contributed by atoms with Crippen LogP contribution in [0, 0.1) is 0 Å². The summed E-state index contributed by atoms with van der Waals surface area (Å²) < 4.78 is 10.9. The molecule has 1 rings (SSSR count). The maximum atomic E-state index is 10.9. The van der Waals surface area contributed by atoms with Crippen molar-refractivity contribution in [2.45, 2.75) is 0 Å². The molecule has 0 bridgehead atoms. The van der Waals surface area contributed by atoms with Crippen LogP contribution in [-0.2, 0) is 4.57 Å². The van der Waals surface area contributed by atoms with E-state index in [2.05, 4.69) is 5.09 Å². The smallest absolute Gasteiger partial charge is 0.313 e. The van der Waals surface area contributed by atoms with Gasteiger partial charge in [0.2, 0.25) is 0 Å². The third kappa shape index (κ3) is 3.68. The summed E-state index contributed by atoms with van der Waals surface area (Å²) in [4.78, 5) is 0. The molecule has 0 aromatic heterocycles. The van der Waals surface area contributed by atoms with E-state index in [1.54, 1.807) is 24.3 Å². The van der Waals surface area contributed by atoms with Crippen LogP contribution in [0.15, 0.2) is 24.3 Å². The fourth-order valence-corrected chi connectivity index (χ4v) is 1.84. The van der Waals surface area contributed by atoms with Gasteiger partial charge >= 0.3 is 6.00 Å². The van der Waals surface area contributed by atoms with E-state index in [1.165, 1.54) is 0 Å². The first-order chi connectivity index (χ1) is 5.47. The molecule has 0 radical (unpaired) electrons. The molecule has 1 aromatic carbocycles. The summed E-state index contributed by atoms with van der Waals surface area (Å²) in [5.41, 5.74) is 0.577. The molecule has 0 fully saturated rings. The molecule has 0 saturated heterocycles. The van der Waals surface area contributed by atoms with E-state index in [0.29, 0.717) is 10.7 Å². The standard InChI is InChI=1S/C6H5Cl3NOP/c7-5-1-3-6(4-2-5)10-12(8,9)11/h1-4H,(H,10,11). The predicted octanol–water partition coefficient (Wildman–Crippen LogP) is 4.34. The maximum Gasteiger partial charge on any atom is 0.343 e. The lowest BCUT2D eigenvalue weighted by molar-refractivity contribution is 0.595. The number of hydrogen-bond donors (Lipinski definition) is 1. The SMILES string of the molecule is O=P(Cl)(Cl)Nc1ccc(Cl)cc1. The largest absolute Gasteiger partial charge is 0.343 e. The van der Waals surface area contributed by atoms with Crippen molar-refractivity contribution in [1.29, 1.82) is 0 Å².